The van der Waals surface area contributed by atoms with Crippen molar-refractivity contribution < 1.29 is 13.7 Å². The lowest BCUT2D eigenvalue weighted by Crippen LogP contribution is -2.20. The molecule has 0 aliphatic heterocycles. The average Bonchev–Trinajstić information content (AvgIpc) is 3.27. The number of benzene rings is 4. The van der Waals surface area contributed by atoms with E-state index in [4.69, 9.17) is 4.52 Å². The number of nitrogens with zero attached hydrogens (tertiary/aromatic N) is 1. The van der Waals surface area contributed by atoms with E-state index in [1.807, 2.05) is 68.4 Å². The predicted octanol–water partition coefficient (Wildman–Crippen LogP) is 7.64. The Morgan fingerprint density at radius 2 is 1.63 bits per heavy atom. The quantitative estimate of drug-likeness (QED) is 0.249. The van der Waals surface area contributed by atoms with E-state index in [1.54, 1.807) is 24.3 Å². The summed E-state index contributed by atoms with van der Waals surface area (Å²) in [5.74, 6) is 0.0739. The summed E-state index contributed by atoms with van der Waals surface area (Å²) in [7, 11) is 0. The molecule has 0 unspecified atom stereocenters. The van der Waals surface area contributed by atoms with E-state index in [2.05, 4.69) is 21.1 Å². The van der Waals surface area contributed by atoms with Crippen molar-refractivity contribution >= 4 is 39.9 Å². The number of hydrogen-bond acceptors (Lipinski definition) is 4. The fourth-order valence-corrected chi connectivity index (χ4v) is 3.91. The lowest BCUT2D eigenvalue weighted by Gasteiger charge is -2.11. The first-order valence-electron chi connectivity index (χ1n) is 11.1. The molecule has 0 radical (unpaired) electrons. The smallest absolute Gasteiger partial charge is 0.323 e. The van der Waals surface area contributed by atoms with Crippen LogP contribution in [0.3, 0.4) is 0 Å². The number of para-hydroxylation sites is 1. The second kappa shape index (κ2) is 9.30. The number of amides is 2. The Bertz CT molecular complexity index is 1510. The van der Waals surface area contributed by atoms with Crippen LogP contribution in [0, 0.1) is 19.7 Å². The number of aromatic nitrogens is 1. The van der Waals surface area contributed by atoms with Crippen molar-refractivity contribution in [1.29, 1.82) is 0 Å². The van der Waals surface area contributed by atoms with Crippen LogP contribution in [0.5, 0.6) is 0 Å². The molecular formula is C28H23FN4O2. The molecule has 0 aliphatic carbocycles. The van der Waals surface area contributed by atoms with Crippen molar-refractivity contribution in [2.24, 2.45) is 0 Å². The highest BCUT2D eigenvalue weighted by atomic mass is 19.1. The Hall–Kier alpha value is -4.65. The molecule has 0 bridgehead atoms. The Morgan fingerprint density at radius 3 is 2.40 bits per heavy atom. The van der Waals surface area contributed by atoms with Crippen molar-refractivity contribution in [3.8, 4) is 11.1 Å². The van der Waals surface area contributed by atoms with Gasteiger partial charge in [0.25, 0.3) is 0 Å². The van der Waals surface area contributed by atoms with E-state index in [9.17, 15) is 9.18 Å². The molecule has 1 aromatic heterocycles. The minimum Gasteiger partial charge on any atom is -0.337 e. The number of aryl methyl sites for hydroxylation is 2. The first-order chi connectivity index (χ1) is 17.0. The third kappa shape index (κ3) is 4.70. The van der Waals surface area contributed by atoms with Crippen LogP contribution in [0.25, 0.3) is 22.0 Å². The van der Waals surface area contributed by atoms with Gasteiger partial charge in [-0.2, -0.15) is 0 Å². The van der Waals surface area contributed by atoms with Crippen molar-refractivity contribution in [1.82, 2.24) is 5.16 Å². The van der Waals surface area contributed by atoms with E-state index in [1.165, 1.54) is 6.07 Å². The summed E-state index contributed by atoms with van der Waals surface area (Å²) in [4.78, 5) is 12.4. The molecule has 5 rings (SSSR count). The largest absolute Gasteiger partial charge is 0.337 e. The maximum atomic E-state index is 13.9. The summed E-state index contributed by atoms with van der Waals surface area (Å²) >= 11 is 0. The molecular weight excluding hydrogens is 443 g/mol. The minimum absolute atomic E-state index is 0.132. The standard InChI is InChI=1S/C28H23FN4O2/c1-17-8-15-23(29)24(16-17)32-28(34)31-21-12-10-19(11-13-21)22-14-9-18(2)26-25(22)27(35-33-26)30-20-6-4-3-5-7-20/h3-16,30H,1-2H3,(H2,31,32,34). The highest BCUT2D eigenvalue weighted by Gasteiger charge is 2.17. The van der Waals surface area contributed by atoms with Gasteiger partial charge in [-0.1, -0.05) is 53.7 Å². The summed E-state index contributed by atoms with van der Waals surface area (Å²) in [5.41, 5.74) is 6.13. The molecule has 174 valence electrons. The molecule has 4 aromatic carbocycles. The monoisotopic (exact) mass is 466 g/mol. The molecule has 2 amide bonds. The fourth-order valence-electron chi connectivity index (χ4n) is 3.91. The van der Waals surface area contributed by atoms with Gasteiger partial charge in [0.15, 0.2) is 0 Å². The van der Waals surface area contributed by atoms with Gasteiger partial charge >= 0.3 is 6.03 Å². The van der Waals surface area contributed by atoms with Crippen molar-refractivity contribution in [2.45, 2.75) is 13.8 Å². The van der Waals surface area contributed by atoms with Crippen molar-refractivity contribution in [3.05, 3.63) is 102 Å². The third-order valence-electron chi connectivity index (χ3n) is 5.69. The third-order valence-corrected chi connectivity index (χ3v) is 5.69. The van der Waals surface area contributed by atoms with Crippen LogP contribution in [0.2, 0.25) is 0 Å². The Labute approximate surface area is 201 Å². The molecule has 5 aromatic rings. The molecule has 35 heavy (non-hydrogen) atoms. The minimum atomic E-state index is -0.520. The number of anilines is 4. The van der Waals surface area contributed by atoms with Gasteiger partial charge in [0.1, 0.15) is 11.3 Å². The topological polar surface area (TPSA) is 79.2 Å². The van der Waals surface area contributed by atoms with Gasteiger partial charge in [-0.25, -0.2) is 9.18 Å². The fraction of sp³-hybridized carbons (Fsp3) is 0.0714. The average molecular weight is 467 g/mol. The van der Waals surface area contributed by atoms with Gasteiger partial charge in [-0.15, -0.1) is 0 Å². The Balaban J connectivity index is 1.40. The second-order valence-corrected chi connectivity index (χ2v) is 8.30. The van der Waals surface area contributed by atoms with Gasteiger partial charge in [0.2, 0.25) is 5.88 Å². The highest BCUT2D eigenvalue weighted by Crippen LogP contribution is 2.37. The lowest BCUT2D eigenvalue weighted by molar-refractivity contribution is 0.262. The lowest BCUT2D eigenvalue weighted by atomic mass is 9.99. The summed E-state index contributed by atoms with van der Waals surface area (Å²) in [6.45, 7) is 3.82. The molecule has 0 aliphatic rings. The van der Waals surface area contributed by atoms with Crippen LogP contribution in [-0.4, -0.2) is 11.2 Å². The van der Waals surface area contributed by atoms with Gasteiger partial charge in [-0.05, 0) is 72.5 Å². The van der Waals surface area contributed by atoms with Crippen LogP contribution in [0.4, 0.5) is 32.1 Å². The summed E-state index contributed by atoms with van der Waals surface area (Å²) in [5, 5.41) is 13.8. The van der Waals surface area contributed by atoms with E-state index >= 15 is 0 Å². The van der Waals surface area contributed by atoms with Crippen LogP contribution in [0.1, 0.15) is 11.1 Å². The number of rotatable bonds is 5. The van der Waals surface area contributed by atoms with Crippen molar-refractivity contribution in [3.63, 3.8) is 0 Å². The van der Waals surface area contributed by atoms with Gasteiger partial charge in [0, 0.05) is 11.4 Å². The Morgan fingerprint density at radius 1 is 0.857 bits per heavy atom. The molecule has 0 saturated heterocycles. The zero-order valence-corrected chi connectivity index (χ0v) is 19.2. The maximum Gasteiger partial charge on any atom is 0.323 e. The summed E-state index contributed by atoms with van der Waals surface area (Å²) in [6, 6.07) is 25.2. The highest BCUT2D eigenvalue weighted by molar-refractivity contribution is 6.04. The maximum absolute atomic E-state index is 13.9. The van der Waals surface area contributed by atoms with Gasteiger partial charge in [-0.3, -0.25) is 0 Å². The predicted molar refractivity (Wildman–Crippen MR) is 138 cm³/mol. The van der Waals surface area contributed by atoms with Gasteiger partial charge in [0.05, 0.1) is 11.1 Å². The summed E-state index contributed by atoms with van der Waals surface area (Å²) < 4.78 is 19.6. The SMILES string of the molecule is Cc1ccc(F)c(NC(=O)Nc2ccc(-c3ccc(C)c4noc(Nc5ccccc5)c34)cc2)c1. The second-order valence-electron chi connectivity index (χ2n) is 8.30. The Kier molecular flexibility index (Phi) is 5.89. The van der Waals surface area contributed by atoms with Crippen LogP contribution < -0.4 is 16.0 Å². The number of halogens is 1. The molecule has 0 saturated carbocycles. The van der Waals surface area contributed by atoms with Crippen LogP contribution in [-0.2, 0) is 0 Å². The van der Waals surface area contributed by atoms with E-state index < -0.39 is 11.8 Å². The summed E-state index contributed by atoms with van der Waals surface area (Å²) in [6.07, 6.45) is 0. The van der Waals surface area contributed by atoms with Crippen LogP contribution in [0.15, 0.2) is 89.5 Å². The van der Waals surface area contributed by atoms with E-state index in [0.29, 0.717) is 11.6 Å². The zero-order chi connectivity index (χ0) is 24.4. The number of nitrogens with one attached hydrogen (secondary N) is 3. The number of fused-ring (bicyclic) bond motifs is 1. The molecule has 0 spiro atoms. The number of carbonyl (C=O) groups excluding carboxylic acids is 1. The van der Waals surface area contributed by atoms with E-state index in [-0.39, 0.29) is 5.69 Å². The first kappa shape index (κ1) is 22.2. The van der Waals surface area contributed by atoms with Crippen LogP contribution >= 0.6 is 0 Å². The van der Waals surface area contributed by atoms with E-state index in [0.717, 1.165) is 38.8 Å². The first-order valence-corrected chi connectivity index (χ1v) is 11.1. The molecule has 3 N–H and O–H groups in total. The zero-order valence-electron chi connectivity index (χ0n) is 19.2. The van der Waals surface area contributed by atoms with Gasteiger partial charge < -0.3 is 20.5 Å². The van der Waals surface area contributed by atoms with Crippen molar-refractivity contribution in [2.75, 3.05) is 16.0 Å². The number of carbonyl (C=O) groups is 1. The molecule has 1 heterocycles. The number of urea groups is 1. The molecule has 0 fully saturated rings. The molecule has 6 nitrogen and oxygen atoms in total. The molecule has 0 atom stereocenters. The normalized spacial score (nSPS) is 10.8. The number of hydrogen-bond donors (Lipinski definition) is 3. The molecule has 7 heteroatoms.